The third-order valence-corrected chi connectivity index (χ3v) is 4.91. The summed E-state index contributed by atoms with van der Waals surface area (Å²) in [4.78, 5) is 0.326. The van der Waals surface area contributed by atoms with E-state index in [0.717, 1.165) is 23.2 Å². The van der Waals surface area contributed by atoms with E-state index in [0.29, 0.717) is 11.4 Å². The van der Waals surface area contributed by atoms with E-state index in [2.05, 4.69) is 20.7 Å². The van der Waals surface area contributed by atoms with Crippen molar-refractivity contribution in [2.45, 2.75) is 30.6 Å². The summed E-state index contributed by atoms with van der Waals surface area (Å²) in [5.74, 6) is 0.854. The second kappa shape index (κ2) is 5.50. The fraction of sp³-hybridized carbons (Fsp3) is 0.500. The van der Waals surface area contributed by atoms with Crippen LogP contribution in [-0.4, -0.2) is 15.0 Å². The molecular weight excluding hydrogens is 302 g/mol. The lowest BCUT2D eigenvalue weighted by Crippen LogP contribution is -2.24. The van der Waals surface area contributed by atoms with E-state index in [1.54, 1.807) is 24.3 Å². The van der Waals surface area contributed by atoms with Gasteiger partial charge < -0.3 is 0 Å². The minimum atomic E-state index is -3.33. The number of halogens is 1. The van der Waals surface area contributed by atoms with E-state index in [9.17, 15) is 8.42 Å². The summed E-state index contributed by atoms with van der Waals surface area (Å²) < 4.78 is 27.3. The van der Waals surface area contributed by atoms with Gasteiger partial charge in [-0.25, -0.2) is 13.1 Å². The molecule has 0 aromatic heterocycles. The van der Waals surface area contributed by atoms with E-state index < -0.39 is 10.0 Å². The summed E-state index contributed by atoms with van der Waals surface area (Å²) in [6.45, 7) is 0.537. The lowest BCUT2D eigenvalue weighted by atomic mass is 10.2. The highest BCUT2D eigenvalue weighted by Crippen LogP contribution is 2.33. The Morgan fingerprint density at radius 3 is 2.47 bits per heavy atom. The molecule has 1 aromatic carbocycles. The Morgan fingerprint density at radius 1 is 1.24 bits per heavy atom. The first-order chi connectivity index (χ1) is 8.08. The fourth-order valence-corrected chi connectivity index (χ4v) is 3.04. The zero-order chi connectivity index (χ0) is 12.3. The molecule has 0 unspecified atom stereocenters. The van der Waals surface area contributed by atoms with E-state index >= 15 is 0 Å². The van der Waals surface area contributed by atoms with Crippen molar-refractivity contribution in [1.82, 2.24) is 4.72 Å². The molecule has 1 N–H and O–H groups in total. The SMILES string of the molecule is O=S(=O)(NCCCC1CC1)c1ccc(Br)cc1. The van der Waals surface area contributed by atoms with Gasteiger partial charge in [-0.1, -0.05) is 28.8 Å². The van der Waals surface area contributed by atoms with Gasteiger partial charge in [0.25, 0.3) is 0 Å². The van der Waals surface area contributed by atoms with E-state index in [1.165, 1.54) is 12.8 Å². The standard InChI is InChI=1S/C12H16BrNO2S/c13-11-5-7-12(8-6-11)17(15,16)14-9-1-2-10-3-4-10/h5-8,10,14H,1-4,9H2. The molecule has 0 atom stereocenters. The van der Waals surface area contributed by atoms with Gasteiger partial charge in [-0.15, -0.1) is 0 Å². The average molecular weight is 318 g/mol. The summed E-state index contributed by atoms with van der Waals surface area (Å²) in [5.41, 5.74) is 0. The quantitative estimate of drug-likeness (QED) is 0.820. The van der Waals surface area contributed by atoms with Crippen molar-refractivity contribution < 1.29 is 8.42 Å². The van der Waals surface area contributed by atoms with Crippen molar-refractivity contribution in [2.75, 3.05) is 6.54 Å². The number of hydrogen-bond acceptors (Lipinski definition) is 2. The van der Waals surface area contributed by atoms with Crippen molar-refractivity contribution in [3.05, 3.63) is 28.7 Å². The monoisotopic (exact) mass is 317 g/mol. The Hall–Kier alpha value is -0.390. The molecule has 0 saturated heterocycles. The molecule has 17 heavy (non-hydrogen) atoms. The number of nitrogens with one attached hydrogen (secondary N) is 1. The maximum Gasteiger partial charge on any atom is 0.240 e. The fourth-order valence-electron chi connectivity index (χ4n) is 1.70. The average Bonchev–Trinajstić information content (AvgIpc) is 3.09. The van der Waals surface area contributed by atoms with Crippen LogP contribution in [0.5, 0.6) is 0 Å². The first-order valence-electron chi connectivity index (χ1n) is 5.83. The van der Waals surface area contributed by atoms with Crippen molar-refractivity contribution >= 4 is 26.0 Å². The molecule has 2 rings (SSSR count). The van der Waals surface area contributed by atoms with Crippen molar-refractivity contribution in [3.8, 4) is 0 Å². The lowest BCUT2D eigenvalue weighted by Gasteiger charge is -2.06. The molecular formula is C12H16BrNO2S. The summed E-state index contributed by atoms with van der Waals surface area (Å²) in [7, 11) is -3.33. The summed E-state index contributed by atoms with van der Waals surface area (Å²) in [6, 6.07) is 6.68. The van der Waals surface area contributed by atoms with Crippen LogP contribution >= 0.6 is 15.9 Å². The number of rotatable bonds is 6. The first-order valence-corrected chi connectivity index (χ1v) is 8.11. The third kappa shape index (κ3) is 4.08. The van der Waals surface area contributed by atoms with Gasteiger partial charge in [-0.3, -0.25) is 0 Å². The summed E-state index contributed by atoms with van der Waals surface area (Å²) in [5, 5.41) is 0. The van der Waals surface area contributed by atoms with Crippen LogP contribution < -0.4 is 4.72 Å². The normalized spacial score (nSPS) is 16.1. The van der Waals surface area contributed by atoms with Crippen LogP contribution in [0.15, 0.2) is 33.6 Å². The smallest absolute Gasteiger partial charge is 0.211 e. The van der Waals surface area contributed by atoms with Crippen molar-refractivity contribution in [2.24, 2.45) is 5.92 Å². The second-order valence-electron chi connectivity index (χ2n) is 4.44. The molecule has 0 bridgehead atoms. The Bertz CT molecular complexity index is 466. The molecule has 5 heteroatoms. The van der Waals surface area contributed by atoms with Gasteiger partial charge in [0.05, 0.1) is 4.90 Å². The molecule has 1 fully saturated rings. The van der Waals surface area contributed by atoms with Crippen molar-refractivity contribution in [3.63, 3.8) is 0 Å². The van der Waals surface area contributed by atoms with Gasteiger partial charge in [0, 0.05) is 11.0 Å². The topological polar surface area (TPSA) is 46.2 Å². The van der Waals surface area contributed by atoms with Gasteiger partial charge in [0.2, 0.25) is 10.0 Å². The molecule has 1 aromatic rings. The highest BCUT2D eigenvalue weighted by atomic mass is 79.9. The number of sulfonamides is 1. The minimum Gasteiger partial charge on any atom is -0.211 e. The second-order valence-corrected chi connectivity index (χ2v) is 7.12. The molecule has 3 nitrogen and oxygen atoms in total. The minimum absolute atomic E-state index is 0.326. The predicted molar refractivity (Wildman–Crippen MR) is 71.3 cm³/mol. The van der Waals surface area contributed by atoms with Crippen molar-refractivity contribution in [1.29, 1.82) is 0 Å². The highest BCUT2D eigenvalue weighted by Gasteiger charge is 2.20. The van der Waals surface area contributed by atoms with Crippen LogP contribution in [0.4, 0.5) is 0 Å². The van der Waals surface area contributed by atoms with Crippen LogP contribution in [0.3, 0.4) is 0 Å². The lowest BCUT2D eigenvalue weighted by molar-refractivity contribution is 0.572. The van der Waals surface area contributed by atoms with E-state index in [4.69, 9.17) is 0 Å². The summed E-state index contributed by atoms with van der Waals surface area (Å²) >= 11 is 3.28. The van der Waals surface area contributed by atoms with E-state index in [1.807, 2.05) is 0 Å². The molecule has 94 valence electrons. The van der Waals surface area contributed by atoms with Crippen LogP contribution in [0.2, 0.25) is 0 Å². The Balaban J connectivity index is 1.86. The van der Waals surface area contributed by atoms with Crippen LogP contribution in [0.1, 0.15) is 25.7 Å². The predicted octanol–water partition coefficient (Wildman–Crippen LogP) is 2.92. The molecule has 0 amide bonds. The third-order valence-electron chi connectivity index (χ3n) is 2.90. The zero-order valence-corrected chi connectivity index (χ0v) is 11.9. The van der Waals surface area contributed by atoms with Gasteiger partial charge in [0.1, 0.15) is 0 Å². The molecule has 0 heterocycles. The van der Waals surface area contributed by atoms with Gasteiger partial charge in [-0.05, 0) is 43.0 Å². The zero-order valence-electron chi connectivity index (χ0n) is 9.52. The summed E-state index contributed by atoms with van der Waals surface area (Å²) in [6.07, 6.45) is 4.71. The van der Waals surface area contributed by atoms with Crippen LogP contribution in [0, 0.1) is 5.92 Å². The molecule has 0 aliphatic heterocycles. The van der Waals surface area contributed by atoms with Gasteiger partial charge >= 0.3 is 0 Å². The number of hydrogen-bond donors (Lipinski definition) is 1. The van der Waals surface area contributed by atoms with Crippen LogP contribution in [-0.2, 0) is 10.0 Å². The largest absolute Gasteiger partial charge is 0.240 e. The molecule has 1 aliphatic carbocycles. The van der Waals surface area contributed by atoms with Gasteiger partial charge in [-0.2, -0.15) is 0 Å². The highest BCUT2D eigenvalue weighted by molar-refractivity contribution is 9.10. The maximum absolute atomic E-state index is 11.9. The first kappa shape index (κ1) is 13.1. The molecule has 0 spiro atoms. The van der Waals surface area contributed by atoms with Crippen LogP contribution in [0.25, 0.3) is 0 Å². The molecule has 1 saturated carbocycles. The Kier molecular flexibility index (Phi) is 4.22. The maximum atomic E-state index is 11.9. The molecule has 1 aliphatic rings. The van der Waals surface area contributed by atoms with E-state index in [-0.39, 0.29) is 0 Å². The number of benzene rings is 1. The Labute approximate surface area is 111 Å². The van der Waals surface area contributed by atoms with Gasteiger partial charge in [0.15, 0.2) is 0 Å². The molecule has 0 radical (unpaired) electrons. The Morgan fingerprint density at radius 2 is 1.88 bits per heavy atom.